The number of hydrogen-bond acceptors (Lipinski definition) is 5. The number of hydrogen-bond donors (Lipinski definition) is 1. The van der Waals surface area contributed by atoms with Gasteiger partial charge in [0.1, 0.15) is 0 Å². The van der Waals surface area contributed by atoms with Crippen molar-refractivity contribution in [1.82, 2.24) is 5.06 Å². The third-order valence-electron chi connectivity index (χ3n) is 6.01. The van der Waals surface area contributed by atoms with Gasteiger partial charge in [-0.2, -0.15) is 5.06 Å². The van der Waals surface area contributed by atoms with Crippen molar-refractivity contribution in [1.29, 1.82) is 0 Å². The number of benzene rings is 3. The highest BCUT2D eigenvalue weighted by molar-refractivity contribution is 5.47. The average molecular weight is 464 g/mol. The molecule has 0 radical (unpaired) electrons. The van der Waals surface area contributed by atoms with Crippen molar-refractivity contribution in [2.24, 2.45) is 5.92 Å². The minimum absolute atomic E-state index is 0.0236. The summed E-state index contributed by atoms with van der Waals surface area (Å²) >= 11 is 0. The molecule has 5 heteroatoms. The number of aliphatic hydroxyl groups is 1. The molecule has 3 aromatic carbocycles. The summed E-state index contributed by atoms with van der Waals surface area (Å²) in [6, 6.07) is 30.6. The molecule has 3 aromatic rings. The van der Waals surface area contributed by atoms with Gasteiger partial charge in [0.25, 0.3) is 0 Å². The molecule has 0 amide bonds. The lowest BCUT2D eigenvalue weighted by Gasteiger charge is -2.43. The van der Waals surface area contributed by atoms with E-state index in [1.54, 1.807) is 7.11 Å². The molecule has 0 aliphatic rings. The molecule has 34 heavy (non-hydrogen) atoms. The zero-order valence-electron chi connectivity index (χ0n) is 20.5. The molecule has 1 N–H and O–H groups in total. The molecule has 0 aliphatic carbocycles. The summed E-state index contributed by atoms with van der Waals surface area (Å²) in [5.41, 5.74) is 2.13. The molecular formula is C29H37NO4. The Balaban J connectivity index is 2.11. The van der Waals surface area contributed by atoms with Crippen molar-refractivity contribution in [3.05, 3.63) is 108 Å². The molecule has 0 saturated carbocycles. The summed E-state index contributed by atoms with van der Waals surface area (Å²) in [6.45, 7) is 6.18. The van der Waals surface area contributed by atoms with E-state index in [-0.39, 0.29) is 18.6 Å². The highest BCUT2D eigenvalue weighted by atomic mass is 16.7. The molecule has 0 bridgehead atoms. The van der Waals surface area contributed by atoms with Gasteiger partial charge >= 0.3 is 0 Å². The largest absolute Gasteiger partial charge is 0.395 e. The number of aliphatic hydroxyl groups excluding tert-OH is 1. The first kappa shape index (κ1) is 26.1. The van der Waals surface area contributed by atoms with Gasteiger partial charge < -0.3 is 14.6 Å². The monoisotopic (exact) mass is 463 g/mol. The minimum atomic E-state index is -0.904. The Morgan fingerprint density at radius 1 is 0.735 bits per heavy atom. The summed E-state index contributed by atoms with van der Waals surface area (Å²) in [6.07, 6.45) is 0. The standard InChI is InChI=1S/C29H37NO4/c1-24(2)28(23-31)30(19-20-33-22-21-32-3)34-29(25-13-7-4-8-14-25,26-15-9-5-10-16-26)27-17-11-6-12-18-27/h4-18,24,28,31H,19-23H2,1-3H3/t28-/m0/s1. The fourth-order valence-electron chi connectivity index (χ4n) is 4.17. The van der Waals surface area contributed by atoms with Gasteiger partial charge in [0.05, 0.1) is 32.5 Å². The van der Waals surface area contributed by atoms with Crippen LogP contribution in [0.2, 0.25) is 0 Å². The second-order valence-corrected chi connectivity index (χ2v) is 8.61. The Morgan fingerprint density at radius 2 is 1.21 bits per heavy atom. The zero-order chi connectivity index (χ0) is 24.2. The van der Waals surface area contributed by atoms with Gasteiger partial charge in [-0.1, -0.05) is 105 Å². The van der Waals surface area contributed by atoms with Crippen LogP contribution in [0, 0.1) is 5.92 Å². The van der Waals surface area contributed by atoms with Crippen LogP contribution in [0.3, 0.4) is 0 Å². The van der Waals surface area contributed by atoms with Gasteiger partial charge in [0.2, 0.25) is 0 Å². The second-order valence-electron chi connectivity index (χ2n) is 8.61. The predicted molar refractivity (Wildman–Crippen MR) is 135 cm³/mol. The molecule has 0 aromatic heterocycles. The third kappa shape index (κ3) is 6.32. The van der Waals surface area contributed by atoms with Crippen molar-refractivity contribution in [2.75, 3.05) is 40.1 Å². The number of rotatable bonds is 14. The molecule has 0 spiro atoms. The molecule has 1 atom stereocenters. The maximum atomic E-state index is 10.3. The van der Waals surface area contributed by atoms with Crippen molar-refractivity contribution < 1.29 is 19.4 Å². The number of nitrogens with zero attached hydrogens (tertiary/aromatic N) is 1. The van der Waals surface area contributed by atoms with E-state index in [2.05, 4.69) is 50.2 Å². The van der Waals surface area contributed by atoms with E-state index in [0.717, 1.165) is 16.7 Å². The fraction of sp³-hybridized carbons (Fsp3) is 0.379. The van der Waals surface area contributed by atoms with Crippen molar-refractivity contribution >= 4 is 0 Å². The van der Waals surface area contributed by atoms with E-state index in [9.17, 15) is 5.11 Å². The first-order chi connectivity index (χ1) is 16.6. The van der Waals surface area contributed by atoms with Crippen LogP contribution in [-0.2, 0) is 19.9 Å². The molecule has 0 fully saturated rings. The van der Waals surface area contributed by atoms with Crippen LogP contribution in [0.4, 0.5) is 0 Å². The number of methoxy groups -OCH3 is 1. The van der Waals surface area contributed by atoms with E-state index in [1.165, 1.54) is 0 Å². The highest BCUT2D eigenvalue weighted by Crippen LogP contribution is 2.41. The van der Waals surface area contributed by atoms with Gasteiger partial charge in [-0.05, 0) is 22.6 Å². The number of hydroxylamine groups is 2. The molecular weight excluding hydrogens is 426 g/mol. The zero-order valence-corrected chi connectivity index (χ0v) is 20.5. The Bertz CT molecular complexity index is 837. The lowest BCUT2D eigenvalue weighted by Crippen LogP contribution is -2.49. The van der Waals surface area contributed by atoms with Gasteiger partial charge in [0.15, 0.2) is 5.60 Å². The Kier molecular flexibility index (Phi) is 10.3. The molecule has 0 aliphatic heterocycles. The van der Waals surface area contributed by atoms with Crippen LogP contribution >= 0.6 is 0 Å². The highest BCUT2D eigenvalue weighted by Gasteiger charge is 2.41. The summed E-state index contributed by atoms with van der Waals surface area (Å²) in [5.74, 6) is 0.170. The average Bonchev–Trinajstić information content (AvgIpc) is 2.88. The summed E-state index contributed by atoms with van der Waals surface area (Å²) in [5, 5.41) is 12.2. The van der Waals surface area contributed by atoms with Crippen LogP contribution < -0.4 is 0 Å². The first-order valence-corrected chi connectivity index (χ1v) is 11.9. The van der Waals surface area contributed by atoms with Crippen LogP contribution in [0.25, 0.3) is 0 Å². The topological polar surface area (TPSA) is 51.2 Å². The van der Waals surface area contributed by atoms with Gasteiger partial charge in [-0.3, -0.25) is 4.84 Å². The normalized spacial score (nSPS) is 12.9. The second kappa shape index (κ2) is 13.4. The summed E-state index contributed by atoms with van der Waals surface area (Å²) in [7, 11) is 1.66. The smallest absolute Gasteiger partial charge is 0.165 e. The first-order valence-electron chi connectivity index (χ1n) is 11.9. The lowest BCUT2D eigenvalue weighted by atomic mass is 9.80. The van der Waals surface area contributed by atoms with Crippen LogP contribution in [0.5, 0.6) is 0 Å². The van der Waals surface area contributed by atoms with Crippen LogP contribution in [0.15, 0.2) is 91.0 Å². The third-order valence-corrected chi connectivity index (χ3v) is 6.01. The lowest BCUT2D eigenvalue weighted by molar-refractivity contribution is -0.259. The molecule has 3 rings (SSSR count). The molecule has 0 unspecified atom stereocenters. The maximum absolute atomic E-state index is 10.3. The molecule has 0 saturated heterocycles. The minimum Gasteiger partial charge on any atom is -0.395 e. The van der Waals surface area contributed by atoms with E-state index >= 15 is 0 Å². The van der Waals surface area contributed by atoms with Crippen LogP contribution in [0.1, 0.15) is 30.5 Å². The summed E-state index contributed by atoms with van der Waals surface area (Å²) < 4.78 is 10.9. The van der Waals surface area contributed by atoms with Gasteiger partial charge in [0, 0.05) is 13.7 Å². The quantitative estimate of drug-likeness (QED) is 0.210. The Labute approximate surface area is 203 Å². The van der Waals surface area contributed by atoms with E-state index < -0.39 is 5.60 Å². The molecule has 182 valence electrons. The van der Waals surface area contributed by atoms with E-state index in [4.69, 9.17) is 14.3 Å². The molecule has 0 heterocycles. The van der Waals surface area contributed by atoms with E-state index in [0.29, 0.717) is 26.4 Å². The van der Waals surface area contributed by atoms with Gasteiger partial charge in [-0.15, -0.1) is 0 Å². The van der Waals surface area contributed by atoms with Crippen molar-refractivity contribution in [2.45, 2.75) is 25.5 Å². The van der Waals surface area contributed by atoms with E-state index in [1.807, 2.05) is 59.7 Å². The summed E-state index contributed by atoms with van der Waals surface area (Å²) in [4.78, 5) is 7.08. The van der Waals surface area contributed by atoms with Crippen LogP contribution in [-0.4, -0.2) is 56.3 Å². The van der Waals surface area contributed by atoms with Gasteiger partial charge in [-0.25, -0.2) is 0 Å². The SMILES string of the molecule is COCCOCCN(OC(c1ccccc1)(c1ccccc1)c1ccccc1)[C@@H](CO)C(C)C. The maximum Gasteiger partial charge on any atom is 0.165 e. The molecule has 5 nitrogen and oxygen atoms in total. The number of ether oxygens (including phenoxy) is 2. The predicted octanol–water partition coefficient (Wildman–Crippen LogP) is 4.89. The Hall–Kier alpha value is -2.54. The fourth-order valence-corrected chi connectivity index (χ4v) is 4.17. The van der Waals surface area contributed by atoms with Crippen molar-refractivity contribution in [3.63, 3.8) is 0 Å². The van der Waals surface area contributed by atoms with Crippen molar-refractivity contribution in [3.8, 4) is 0 Å². The Morgan fingerprint density at radius 3 is 1.59 bits per heavy atom.